The Hall–Kier alpha value is -0.380. The fourth-order valence-corrected chi connectivity index (χ4v) is 9.84. The monoisotopic (exact) mass is 413 g/mol. The molecule has 5 fully saturated rings. The molecule has 2 heterocycles. The highest BCUT2D eigenvalue weighted by Crippen LogP contribution is 2.70. The number of nitrogens with one attached hydrogen (secondary N) is 1. The van der Waals surface area contributed by atoms with E-state index < -0.39 is 0 Å². The van der Waals surface area contributed by atoms with Crippen molar-refractivity contribution in [2.75, 3.05) is 6.54 Å². The number of rotatable bonds is 0. The van der Waals surface area contributed by atoms with Crippen LogP contribution < -0.4 is 5.32 Å². The van der Waals surface area contributed by atoms with E-state index in [-0.39, 0.29) is 11.8 Å². The van der Waals surface area contributed by atoms with Crippen LogP contribution in [0.4, 0.5) is 0 Å². The average molecular weight is 414 g/mol. The fourth-order valence-electron chi connectivity index (χ4n) is 9.84. The lowest BCUT2D eigenvalue weighted by Crippen LogP contribution is -2.57. The lowest BCUT2D eigenvalue weighted by atomic mass is 9.47. The number of hydrogen-bond donors (Lipinski definition) is 2. The molecule has 2 saturated heterocycles. The zero-order valence-corrected chi connectivity index (χ0v) is 19.6. The van der Waals surface area contributed by atoms with Crippen molar-refractivity contribution in [2.24, 2.45) is 46.3 Å². The summed E-state index contributed by atoms with van der Waals surface area (Å²) in [6, 6.07) is 0. The highest BCUT2D eigenvalue weighted by atomic mass is 16.5. The minimum atomic E-state index is -0.100. The topological polar surface area (TPSA) is 41.5 Å². The SMILES string of the molecule is C[C@H]1CC[C@]2(NC1)O[C@@H]1C[C@@H]3[C@H]4CC=C5C[C@@H](O)CC[C@]5(C)[C@@H]4CC[C@]3(C)[C@@H]1[C@H]2C. The van der Waals surface area contributed by atoms with Crippen molar-refractivity contribution in [1.29, 1.82) is 0 Å². The first-order valence-electron chi connectivity index (χ1n) is 13.1. The summed E-state index contributed by atoms with van der Waals surface area (Å²) in [5.74, 6) is 4.58. The molecule has 11 atom stereocenters. The summed E-state index contributed by atoms with van der Waals surface area (Å²) in [4.78, 5) is 0. The third-order valence-corrected chi connectivity index (χ3v) is 11.6. The van der Waals surface area contributed by atoms with Gasteiger partial charge in [-0.05, 0) is 98.2 Å². The second-order valence-corrected chi connectivity index (χ2v) is 12.8. The van der Waals surface area contributed by atoms with Gasteiger partial charge in [0.15, 0.2) is 0 Å². The molecule has 2 aliphatic heterocycles. The molecule has 6 rings (SSSR count). The largest absolute Gasteiger partial charge is 0.393 e. The van der Waals surface area contributed by atoms with Crippen LogP contribution in [0.5, 0.6) is 0 Å². The first-order valence-corrected chi connectivity index (χ1v) is 13.1. The lowest BCUT2D eigenvalue weighted by Gasteiger charge is -2.58. The van der Waals surface area contributed by atoms with Crippen LogP contribution >= 0.6 is 0 Å². The van der Waals surface area contributed by atoms with Gasteiger partial charge in [-0.15, -0.1) is 0 Å². The molecule has 0 unspecified atom stereocenters. The predicted octanol–water partition coefficient (Wildman–Crippen LogP) is 5.29. The molecule has 3 nitrogen and oxygen atoms in total. The van der Waals surface area contributed by atoms with Gasteiger partial charge in [0, 0.05) is 12.5 Å². The van der Waals surface area contributed by atoms with E-state index in [1.807, 2.05) is 0 Å². The first-order chi connectivity index (χ1) is 14.3. The highest BCUT2D eigenvalue weighted by Gasteiger charge is 2.68. The minimum absolute atomic E-state index is 0.0439. The van der Waals surface area contributed by atoms with E-state index in [4.69, 9.17) is 4.74 Å². The smallest absolute Gasteiger partial charge is 0.122 e. The number of aliphatic hydroxyl groups is 1. The maximum absolute atomic E-state index is 10.3. The summed E-state index contributed by atoms with van der Waals surface area (Å²) in [6.45, 7) is 11.2. The normalized spacial score (nSPS) is 59.8. The van der Waals surface area contributed by atoms with Crippen molar-refractivity contribution in [3.8, 4) is 0 Å². The summed E-state index contributed by atoms with van der Waals surface area (Å²) in [6.07, 6.45) is 13.8. The molecule has 2 N–H and O–H groups in total. The van der Waals surface area contributed by atoms with E-state index >= 15 is 0 Å². The van der Waals surface area contributed by atoms with E-state index in [2.05, 4.69) is 39.1 Å². The van der Waals surface area contributed by atoms with Gasteiger partial charge in [-0.25, -0.2) is 0 Å². The Labute approximate surface area is 183 Å². The van der Waals surface area contributed by atoms with Crippen molar-refractivity contribution < 1.29 is 9.84 Å². The summed E-state index contributed by atoms with van der Waals surface area (Å²) < 4.78 is 7.00. The third kappa shape index (κ3) is 2.55. The zero-order chi connectivity index (χ0) is 20.9. The Balaban J connectivity index is 1.28. The Bertz CT molecular complexity index is 739. The molecule has 0 aromatic rings. The zero-order valence-electron chi connectivity index (χ0n) is 19.6. The lowest BCUT2D eigenvalue weighted by molar-refractivity contribution is -0.115. The second-order valence-electron chi connectivity index (χ2n) is 12.8. The quantitative estimate of drug-likeness (QED) is 0.530. The number of allylic oxidation sites excluding steroid dienone is 1. The van der Waals surface area contributed by atoms with E-state index in [0.717, 1.165) is 49.0 Å². The first kappa shape index (κ1) is 20.2. The van der Waals surface area contributed by atoms with Crippen molar-refractivity contribution in [2.45, 2.75) is 103 Å². The molecule has 0 aromatic heterocycles. The summed E-state index contributed by atoms with van der Waals surface area (Å²) >= 11 is 0. The van der Waals surface area contributed by atoms with Crippen LogP contribution in [0, 0.1) is 46.3 Å². The molecule has 0 amide bonds. The van der Waals surface area contributed by atoms with Crippen LogP contribution in [0.3, 0.4) is 0 Å². The van der Waals surface area contributed by atoms with Gasteiger partial charge < -0.3 is 9.84 Å². The maximum atomic E-state index is 10.3. The van der Waals surface area contributed by atoms with Gasteiger partial charge in [0.05, 0.1) is 12.2 Å². The molecule has 168 valence electrons. The number of hydrogen-bond acceptors (Lipinski definition) is 3. The molecule has 30 heavy (non-hydrogen) atoms. The Morgan fingerprint density at radius 1 is 1.07 bits per heavy atom. The van der Waals surface area contributed by atoms with Crippen LogP contribution in [0.1, 0.15) is 85.5 Å². The van der Waals surface area contributed by atoms with Gasteiger partial charge in [-0.1, -0.05) is 39.3 Å². The van der Waals surface area contributed by atoms with Gasteiger partial charge in [-0.3, -0.25) is 5.32 Å². The molecular weight excluding hydrogens is 370 g/mol. The van der Waals surface area contributed by atoms with Crippen LogP contribution in [-0.4, -0.2) is 29.6 Å². The third-order valence-electron chi connectivity index (χ3n) is 11.6. The van der Waals surface area contributed by atoms with Crippen LogP contribution in [-0.2, 0) is 4.74 Å². The van der Waals surface area contributed by atoms with Crippen molar-refractivity contribution in [1.82, 2.24) is 5.32 Å². The number of fused-ring (bicyclic) bond motifs is 7. The van der Waals surface area contributed by atoms with E-state index in [1.165, 1.54) is 44.9 Å². The van der Waals surface area contributed by atoms with E-state index in [9.17, 15) is 5.11 Å². The number of aliphatic hydroxyl groups excluding tert-OH is 1. The summed E-state index contributed by atoms with van der Waals surface area (Å²) in [5, 5.41) is 14.1. The molecule has 4 aliphatic carbocycles. The van der Waals surface area contributed by atoms with Gasteiger partial charge in [0.1, 0.15) is 5.72 Å². The molecular formula is C27H43NO2. The fraction of sp³-hybridized carbons (Fsp3) is 0.926. The van der Waals surface area contributed by atoms with Crippen molar-refractivity contribution >= 4 is 0 Å². The molecule has 0 bridgehead atoms. The maximum Gasteiger partial charge on any atom is 0.122 e. The Kier molecular flexibility index (Phi) is 4.44. The molecule has 3 saturated carbocycles. The average Bonchev–Trinajstić information content (AvgIpc) is 3.16. The highest BCUT2D eigenvalue weighted by molar-refractivity contribution is 5.26. The van der Waals surface area contributed by atoms with Gasteiger partial charge in [0.25, 0.3) is 0 Å². The molecule has 0 radical (unpaired) electrons. The second kappa shape index (κ2) is 6.58. The molecule has 1 spiro atoms. The van der Waals surface area contributed by atoms with E-state index in [0.29, 0.717) is 22.9 Å². The summed E-state index contributed by atoms with van der Waals surface area (Å²) in [7, 11) is 0. The number of ether oxygens (including phenoxy) is 1. The molecule has 6 aliphatic rings. The van der Waals surface area contributed by atoms with Crippen LogP contribution in [0.2, 0.25) is 0 Å². The van der Waals surface area contributed by atoms with Gasteiger partial charge in [-0.2, -0.15) is 0 Å². The van der Waals surface area contributed by atoms with Crippen LogP contribution in [0.15, 0.2) is 11.6 Å². The molecule has 3 heteroatoms. The molecule has 0 aromatic carbocycles. The van der Waals surface area contributed by atoms with Crippen molar-refractivity contribution in [3.05, 3.63) is 11.6 Å². The summed E-state index contributed by atoms with van der Waals surface area (Å²) in [5.41, 5.74) is 2.33. The standard InChI is InChI=1S/C27H43NO2/c1-16-7-12-27(28-15-16)17(2)24-23(30-27)14-22-20-6-5-18-13-19(29)8-10-25(18,3)21(20)9-11-26(22,24)4/h5,16-17,19-24,28-29H,6-15H2,1-4H3/t16-,17+,19-,20-,21+,22+,23+,24+,25-,26-,27-/m0/s1. The van der Waals surface area contributed by atoms with Crippen LogP contribution in [0.25, 0.3) is 0 Å². The van der Waals surface area contributed by atoms with Gasteiger partial charge >= 0.3 is 0 Å². The van der Waals surface area contributed by atoms with Gasteiger partial charge in [0.2, 0.25) is 0 Å². The number of piperidine rings is 1. The van der Waals surface area contributed by atoms with Crippen molar-refractivity contribution in [3.63, 3.8) is 0 Å². The Morgan fingerprint density at radius 2 is 1.90 bits per heavy atom. The Morgan fingerprint density at radius 3 is 2.67 bits per heavy atom. The minimum Gasteiger partial charge on any atom is -0.393 e. The predicted molar refractivity (Wildman–Crippen MR) is 120 cm³/mol. The van der Waals surface area contributed by atoms with E-state index in [1.54, 1.807) is 5.57 Å².